The Balaban J connectivity index is 1.91. The maximum Gasteiger partial charge on any atom is 0.205 e. The quantitative estimate of drug-likeness (QED) is 0.737. The fraction of sp³-hybridized carbons (Fsp3) is 0.167. The van der Waals surface area contributed by atoms with Crippen molar-refractivity contribution in [3.8, 4) is 0 Å². The minimum Gasteiger partial charge on any atom is -0.354 e. The molecule has 2 aromatic heterocycles. The van der Waals surface area contributed by atoms with Crippen LogP contribution < -0.4 is 5.32 Å². The molecule has 2 heterocycles. The number of imidazole rings is 1. The van der Waals surface area contributed by atoms with Crippen LogP contribution >= 0.6 is 11.3 Å². The predicted octanol–water partition coefficient (Wildman–Crippen LogP) is 0.873. The molecule has 0 saturated carbocycles. The Hall–Kier alpha value is -1.43. The Morgan fingerprint density at radius 3 is 3.25 bits per heavy atom. The molecule has 2 N–H and O–H groups in total. The molecule has 0 aliphatic rings. The van der Waals surface area contributed by atoms with Crippen LogP contribution in [0.2, 0.25) is 0 Å². The van der Waals surface area contributed by atoms with Crippen molar-refractivity contribution in [3.05, 3.63) is 23.7 Å². The average Bonchev–Trinajstić information content (AvgIpc) is 2.74. The van der Waals surface area contributed by atoms with Crippen molar-refractivity contribution in [2.75, 3.05) is 5.32 Å². The van der Waals surface area contributed by atoms with E-state index in [4.69, 9.17) is 0 Å². The summed E-state index contributed by atoms with van der Waals surface area (Å²) in [5, 5.41) is 11.5. The zero-order valence-electron chi connectivity index (χ0n) is 6.19. The lowest BCUT2D eigenvalue weighted by Gasteiger charge is -1.96. The van der Waals surface area contributed by atoms with E-state index in [0.717, 1.165) is 10.8 Å². The molecule has 0 amide bonds. The fourth-order valence-electron chi connectivity index (χ4n) is 0.802. The third kappa shape index (κ3) is 1.59. The summed E-state index contributed by atoms with van der Waals surface area (Å²) in [6.07, 6.45) is 3.42. The van der Waals surface area contributed by atoms with Crippen molar-refractivity contribution in [2.45, 2.75) is 6.54 Å². The molecule has 2 rings (SSSR count). The largest absolute Gasteiger partial charge is 0.354 e. The Morgan fingerprint density at radius 1 is 1.58 bits per heavy atom. The summed E-state index contributed by atoms with van der Waals surface area (Å²) in [6.45, 7) is 0.704. The van der Waals surface area contributed by atoms with Gasteiger partial charge in [0.1, 0.15) is 5.51 Å². The molecule has 0 aliphatic heterocycles. The Kier molecular flexibility index (Phi) is 2.00. The van der Waals surface area contributed by atoms with Gasteiger partial charge in [0.15, 0.2) is 0 Å². The highest BCUT2D eigenvalue weighted by Gasteiger charge is 1.95. The molecule has 0 spiro atoms. The summed E-state index contributed by atoms with van der Waals surface area (Å²) in [5.74, 6) is 0. The maximum absolute atomic E-state index is 3.89. The highest BCUT2D eigenvalue weighted by Crippen LogP contribution is 2.08. The number of aromatic amines is 1. The smallest absolute Gasteiger partial charge is 0.205 e. The normalized spacial score (nSPS) is 10.0. The zero-order valence-corrected chi connectivity index (χ0v) is 7.01. The summed E-state index contributed by atoms with van der Waals surface area (Å²) in [5.41, 5.74) is 2.72. The maximum atomic E-state index is 3.89. The monoisotopic (exact) mass is 181 g/mol. The third-order valence-electron chi connectivity index (χ3n) is 1.34. The minimum atomic E-state index is 0.704. The van der Waals surface area contributed by atoms with Crippen LogP contribution in [-0.4, -0.2) is 20.2 Å². The topological polar surface area (TPSA) is 66.5 Å². The van der Waals surface area contributed by atoms with Crippen LogP contribution in [0.25, 0.3) is 0 Å². The van der Waals surface area contributed by atoms with Crippen LogP contribution in [0.5, 0.6) is 0 Å². The highest BCUT2D eigenvalue weighted by atomic mass is 32.1. The molecule has 5 nitrogen and oxygen atoms in total. The third-order valence-corrected chi connectivity index (χ3v) is 1.99. The van der Waals surface area contributed by atoms with Crippen LogP contribution in [0, 0.1) is 0 Å². The first-order valence-corrected chi connectivity index (χ1v) is 4.30. The van der Waals surface area contributed by atoms with Gasteiger partial charge in [-0.25, -0.2) is 4.98 Å². The molecule has 0 saturated heterocycles. The molecular weight excluding hydrogens is 174 g/mol. The fourth-order valence-corrected chi connectivity index (χ4v) is 1.25. The van der Waals surface area contributed by atoms with E-state index in [9.17, 15) is 0 Å². The van der Waals surface area contributed by atoms with Gasteiger partial charge in [-0.05, 0) is 0 Å². The van der Waals surface area contributed by atoms with E-state index in [1.54, 1.807) is 18.0 Å². The molecule has 12 heavy (non-hydrogen) atoms. The predicted molar refractivity (Wildman–Crippen MR) is 45.8 cm³/mol. The summed E-state index contributed by atoms with van der Waals surface area (Å²) >= 11 is 1.48. The lowest BCUT2D eigenvalue weighted by molar-refractivity contribution is 1.03. The molecule has 0 radical (unpaired) electrons. The van der Waals surface area contributed by atoms with Crippen molar-refractivity contribution in [1.82, 2.24) is 20.2 Å². The number of H-pyrrole nitrogens is 1. The van der Waals surface area contributed by atoms with Gasteiger partial charge < -0.3 is 10.3 Å². The van der Waals surface area contributed by atoms with E-state index < -0.39 is 0 Å². The number of aromatic nitrogens is 4. The van der Waals surface area contributed by atoms with Gasteiger partial charge in [-0.1, -0.05) is 11.3 Å². The molecule has 0 unspecified atom stereocenters. The first kappa shape index (κ1) is 7.23. The van der Waals surface area contributed by atoms with Crippen molar-refractivity contribution >= 4 is 16.5 Å². The number of hydrogen-bond acceptors (Lipinski definition) is 5. The van der Waals surface area contributed by atoms with Gasteiger partial charge in [-0.3, -0.25) is 0 Å². The van der Waals surface area contributed by atoms with Crippen LogP contribution in [0.3, 0.4) is 0 Å². The Labute approximate surface area is 72.9 Å². The van der Waals surface area contributed by atoms with Crippen molar-refractivity contribution in [3.63, 3.8) is 0 Å². The van der Waals surface area contributed by atoms with Gasteiger partial charge in [-0.2, -0.15) is 0 Å². The number of rotatable bonds is 3. The minimum absolute atomic E-state index is 0.704. The van der Waals surface area contributed by atoms with E-state index in [-0.39, 0.29) is 0 Å². The molecule has 0 aromatic carbocycles. The number of hydrogen-bond donors (Lipinski definition) is 2. The van der Waals surface area contributed by atoms with Crippen LogP contribution in [-0.2, 0) is 6.54 Å². The summed E-state index contributed by atoms with van der Waals surface area (Å²) < 4.78 is 0. The van der Waals surface area contributed by atoms with Crippen LogP contribution in [0.1, 0.15) is 5.69 Å². The van der Waals surface area contributed by atoms with Crippen molar-refractivity contribution in [1.29, 1.82) is 0 Å². The van der Waals surface area contributed by atoms with E-state index >= 15 is 0 Å². The van der Waals surface area contributed by atoms with Gasteiger partial charge in [-0.15, -0.1) is 10.2 Å². The first-order valence-electron chi connectivity index (χ1n) is 3.42. The molecular formula is C6H7N5S. The van der Waals surface area contributed by atoms with Crippen molar-refractivity contribution in [2.24, 2.45) is 0 Å². The van der Waals surface area contributed by atoms with Gasteiger partial charge in [0, 0.05) is 6.20 Å². The second-order valence-electron chi connectivity index (χ2n) is 2.17. The molecule has 2 aromatic rings. The van der Waals surface area contributed by atoms with Gasteiger partial charge in [0.25, 0.3) is 0 Å². The van der Waals surface area contributed by atoms with Gasteiger partial charge >= 0.3 is 0 Å². The first-order chi connectivity index (χ1) is 5.95. The molecule has 0 fully saturated rings. The summed E-state index contributed by atoms with van der Waals surface area (Å²) in [4.78, 5) is 6.88. The molecule has 0 aliphatic carbocycles. The second kappa shape index (κ2) is 3.31. The molecule has 62 valence electrons. The summed E-state index contributed by atoms with van der Waals surface area (Å²) in [7, 11) is 0. The van der Waals surface area contributed by atoms with Crippen LogP contribution in [0.15, 0.2) is 18.0 Å². The van der Waals surface area contributed by atoms with E-state index in [2.05, 4.69) is 25.5 Å². The average molecular weight is 181 g/mol. The van der Waals surface area contributed by atoms with E-state index in [0.29, 0.717) is 6.54 Å². The molecule has 6 heteroatoms. The highest BCUT2D eigenvalue weighted by molar-refractivity contribution is 7.13. The molecule has 0 bridgehead atoms. The standard InChI is InChI=1S/C6H7N5S/c1-5(9-3-7-1)2-8-6-11-10-4-12-6/h1,3-4H,2H2,(H,7,9)(H,8,11). The van der Waals surface area contributed by atoms with Gasteiger partial charge in [0.05, 0.1) is 18.6 Å². The Morgan fingerprint density at radius 2 is 2.58 bits per heavy atom. The lowest BCUT2D eigenvalue weighted by atomic mass is 10.5. The number of nitrogens with zero attached hydrogens (tertiary/aromatic N) is 3. The summed E-state index contributed by atoms with van der Waals surface area (Å²) in [6, 6.07) is 0. The van der Waals surface area contributed by atoms with Crippen LogP contribution in [0.4, 0.5) is 5.13 Å². The van der Waals surface area contributed by atoms with E-state index in [1.807, 2.05) is 0 Å². The van der Waals surface area contributed by atoms with Crippen molar-refractivity contribution < 1.29 is 0 Å². The Bertz CT molecular complexity index is 279. The van der Waals surface area contributed by atoms with Gasteiger partial charge in [0.2, 0.25) is 5.13 Å². The second-order valence-corrected chi connectivity index (χ2v) is 3.01. The number of nitrogens with one attached hydrogen (secondary N) is 2. The number of anilines is 1. The van der Waals surface area contributed by atoms with E-state index in [1.165, 1.54) is 11.3 Å². The SMILES string of the molecule is c1ncc(CNc2nncs2)[nH]1. The zero-order chi connectivity index (χ0) is 8.23. The molecule has 0 atom stereocenters. The lowest BCUT2D eigenvalue weighted by Crippen LogP contribution is -1.98.